The summed E-state index contributed by atoms with van der Waals surface area (Å²) in [5.74, 6) is -0.291. The summed E-state index contributed by atoms with van der Waals surface area (Å²) in [7, 11) is 0. The molecule has 0 heterocycles. The zero-order valence-corrected chi connectivity index (χ0v) is 15.3. The molecule has 0 bridgehead atoms. The summed E-state index contributed by atoms with van der Waals surface area (Å²) in [5, 5.41) is 16.3. The molecule has 0 aliphatic heterocycles. The molecule has 0 saturated carbocycles. The minimum absolute atomic E-state index is 0.0370. The number of nitrogens with two attached hydrogens (primary N) is 1. The monoisotopic (exact) mass is 380 g/mol. The number of ether oxygens (including phenoxy) is 1. The fourth-order valence-corrected chi connectivity index (χ4v) is 2.37. The van der Waals surface area contributed by atoms with E-state index in [0.717, 1.165) is 18.4 Å². The lowest BCUT2D eigenvalue weighted by atomic mass is 10.1. The van der Waals surface area contributed by atoms with Gasteiger partial charge in [-0.2, -0.15) is 0 Å². The van der Waals surface area contributed by atoms with Gasteiger partial charge in [0.2, 0.25) is 5.91 Å². The first kappa shape index (κ1) is 22.2. The average Bonchev–Trinajstić information content (AvgIpc) is 2.64. The van der Waals surface area contributed by atoms with Crippen LogP contribution < -0.4 is 21.7 Å². The van der Waals surface area contributed by atoms with Crippen LogP contribution >= 0.6 is 0 Å². The summed E-state index contributed by atoms with van der Waals surface area (Å²) in [6.45, 7) is 1.13. The summed E-state index contributed by atoms with van der Waals surface area (Å²) in [5.41, 5.74) is 6.30. The number of benzene rings is 1. The lowest BCUT2D eigenvalue weighted by Gasteiger charge is -2.16. The molecule has 0 fully saturated rings. The van der Waals surface area contributed by atoms with E-state index in [9.17, 15) is 14.4 Å². The number of hydrogen-bond acceptors (Lipinski definition) is 5. The molecule has 1 aromatic carbocycles. The molecule has 1 aromatic rings. The number of carbonyl (C=O) groups is 3. The van der Waals surface area contributed by atoms with Crippen molar-refractivity contribution in [3.8, 4) is 0 Å². The van der Waals surface area contributed by atoms with E-state index in [1.54, 1.807) is 0 Å². The maximum Gasteiger partial charge on any atom is 0.407 e. The maximum atomic E-state index is 11.9. The third-order valence-electron chi connectivity index (χ3n) is 3.70. The highest BCUT2D eigenvalue weighted by Gasteiger charge is 2.15. The van der Waals surface area contributed by atoms with E-state index in [1.165, 1.54) is 0 Å². The van der Waals surface area contributed by atoms with Gasteiger partial charge in [0.15, 0.2) is 0 Å². The van der Waals surface area contributed by atoms with E-state index in [0.29, 0.717) is 13.0 Å². The molecule has 0 radical (unpaired) electrons. The molecular weight excluding hydrogens is 352 g/mol. The Labute approximate surface area is 158 Å². The minimum atomic E-state index is -1.16. The van der Waals surface area contributed by atoms with Crippen LogP contribution in [0.4, 0.5) is 9.59 Å². The van der Waals surface area contributed by atoms with Crippen molar-refractivity contribution in [3.05, 3.63) is 35.9 Å². The van der Waals surface area contributed by atoms with Gasteiger partial charge in [-0.05, 0) is 24.9 Å². The van der Waals surface area contributed by atoms with Crippen LogP contribution in [0.15, 0.2) is 30.3 Å². The summed E-state index contributed by atoms with van der Waals surface area (Å²) >= 11 is 0. The third-order valence-corrected chi connectivity index (χ3v) is 3.70. The van der Waals surface area contributed by atoms with Crippen molar-refractivity contribution in [1.82, 2.24) is 16.0 Å². The van der Waals surface area contributed by atoms with Crippen LogP contribution in [0.3, 0.4) is 0 Å². The molecule has 3 amide bonds. The molecular formula is C18H28N4O5. The first-order chi connectivity index (χ1) is 13.0. The molecule has 0 unspecified atom stereocenters. The quantitative estimate of drug-likeness (QED) is 0.345. The summed E-state index contributed by atoms with van der Waals surface area (Å²) in [6, 6.07) is 8.83. The van der Waals surface area contributed by atoms with Crippen molar-refractivity contribution >= 4 is 18.1 Å². The Kier molecular flexibility index (Phi) is 11.0. The van der Waals surface area contributed by atoms with Gasteiger partial charge >= 0.3 is 12.2 Å². The number of unbranched alkanes of at least 4 members (excludes halogenated alkanes) is 1. The predicted octanol–water partition coefficient (Wildman–Crippen LogP) is 1.18. The molecule has 0 aliphatic rings. The van der Waals surface area contributed by atoms with Gasteiger partial charge in [-0.1, -0.05) is 36.8 Å². The molecule has 0 spiro atoms. The van der Waals surface area contributed by atoms with E-state index in [2.05, 4.69) is 16.0 Å². The van der Waals surface area contributed by atoms with Gasteiger partial charge in [-0.15, -0.1) is 0 Å². The van der Waals surface area contributed by atoms with E-state index in [4.69, 9.17) is 15.6 Å². The van der Waals surface area contributed by atoms with Gasteiger partial charge in [0.1, 0.15) is 6.61 Å². The van der Waals surface area contributed by atoms with Crippen LogP contribution in [0.2, 0.25) is 0 Å². The minimum Gasteiger partial charge on any atom is -0.465 e. The standard InChI is InChI=1S/C18H28N4O5/c19-9-5-4-8-15(22-17(24)25)12-16(23)20-10-11-21-18(26)27-13-14-6-2-1-3-7-14/h1-3,6-7,15,22H,4-5,8-13,19H2,(H,20,23)(H,21,26)(H,24,25)/t15-/m0/s1. The van der Waals surface area contributed by atoms with E-state index >= 15 is 0 Å². The smallest absolute Gasteiger partial charge is 0.407 e. The van der Waals surface area contributed by atoms with Gasteiger partial charge in [-0.3, -0.25) is 4.79 Å². The molecule has 0 aliphatic carbocycles. The zero-order valence-electron chi connectivity index (χ0n) is 15.3. The first-order valence-corrected chi connectivity index (χ1v) is 8.92. The Bertz CT molecular complexity index is 582. The van der Waals surface area contributed by atoms with Crippen molar-refractivity contribution in [2.24, 2.45) is 5.73 Å². The first-order valence-electron chi connectivity index (χ1n) is 8.92. The second kappa shape index (κ2) is 13.4. The van der Waals surface area contributed by atoms with Crippen molar-refractivity contribution in [2.45, 2.75) is 38.3 Å². The highest BCUT2D eigenvalue weighted by molar-refractivity contribution is 5.77. The average molecular weight is 380 g/mol. The number of carboxylic acid groups (broad SMARTS) is 1. The topological polar surface area (TPSA) is 143 Å². The number of hydrogen-bond donors (Lipinski definition) is 5. The summed E-state index contributed by atoms with van der Waals surface area (Å²) < 4.78 is 5.05. The van der Waals surface area contributed by atoms with E-state index in [1.807, 2.05) is 30.3 Å². The number of alkyl carbamates (subject to hydrolysis) is 1. The van der Waals surface area contributed by atoms with Crippen LogP contribution in [0.5, 0.6) is 0 Å². The van der Waals surface area contributed by atoms with E-state index in [-0.39, 0.29) is 32.0 Å². The molecule has 150 valence electrons. The van der Waals surface area contributed by atoms with Crippen molar-refractivity contribution in [1.29, 1.82) is 0 Å². The van der Waals surface area contributed by atoms with Gasteiger partial charge in [-0.25, -0.2) is 9.59 Å². The SMILES string of the molecule is NCCCC[C@@H](CC(=O)NCCNC(=O)OCc1ccccc1)NC(=O)O. The molecule has 0 saturated heterocycles. The highest BCUT2D eigenvalue weighted by Crippen LogP contribution is 2.04. The Morgan fingerprint density at radius 3 is 2.44 bits per heavy atom. The lowest BCUT2D eigenvalue weighted by Crippen LogP contribution is -2.40. The van der Waals surface area contributed by atoms with Crippen LogP contribution in [0.25, 0.3) is 0 Å². The third kappa shape index (κ3) is 11.4. The molecule has 1 atom stereocenters. The number of nitrogens with one attached hydrogen (secondary N) is 3. The zero-order chi connectivity index (χ0) is 19.9. The predicted molar refractivity (Wildman–Crippen MR) is 100 cm³/mol. The van der Waals surface area contributed by atoms with Crippen LogP contribution in [-0.2, 0) is 16.1 Å². The van der Waals surface area contributed by atoms with Crippen molar-refractivity contribution in [3.63, 3.8) is 0 Å². The summed E-state index contributed by atoms with van der Waals surface area (Å²) in [4.78, 5) is 34.3. The van der Waals surface area contributed by atoms with Gasteiger partial charge in [0.05, 0.1) is 0 Å². The maximum absolute atomic E-state index is 11.9. The van der Waals surface area contributed by atoms with Crippen molar-refractivity contribution < 1.29 is 24.2 Å². The normalized spacial score (nSPS) is 11.3. The van der Waals surface area contributed by atoms with Gasteiger partial charge < -0.3 is 31.5 Å². The van der Waals surface area contributed by atoms with Crippen LogP contribution in [0.1, 0.15) is 31.2 Å². The highest BCUT2D eigenvalue weighted by atomic mass is 16.5. The Balaban J connectivity index is 2.18. The van der Waals surface area contributed by atoms with Gasteiger partial charge in [0.25, 0.3) is 0 Å². The second-order valence-electron chi connectivity index (χ2n) is 5.97. The Morgan fingerprint density at radius 2 is 1.78 bits per heavy atom. The molecule has 0 aromatic heterocycles. The Morgan fingerprint density at radius 1 is 1.07 bits per heavy atom. The van der Waals surface area contributed by atoms with E-state index < -0.39 is 18.2 Å². The molecule has 9 heteroatoms. The fourth-order valence-electron chi connectivity index (χ4n) is 2.37. The number of rotatable bonds is 12. The van der Waals surface area contributed by atoms with Crippen molar-refractivity contribution in [2.75, 3.05) is 19.6 Å². The molecule has 9 nitrogen and oxygen atoms in total. The fraction of sp³-hybridized carbons (Fsp3) is 0.500. The molecule has 6 N–H and O–H groups in total. The summed E-state index contributed by atoms with van der Waals surface area (Å²) in [6.07, 6.45) is 0.359. The number of carbonyl (C=O) groups excluding carboxylic acids is 2. The largest absolute Gasteiger partial charge is 0.465 e. The van der Waals surface area contributed by atoms with Crippen LogP contribution in [0, 0.1) is 0 Å². The second-order valence-corrected chi connectivity index (χ2v) is 5.97. The Hall–Kier alpha value is -2.81. The van der Waals surface area contributed by atoms with Crippen LogP contribution in [-0.4, -0.2) is 48.9 Å². The molecule has 27 heavy (non-hydrogen) atoms. The number of amides is 3. The van der Waals surface area contributed by atoms with Gasteiger partial charge in [0, 0.05) is 25.6 Å². The molecule has 1 rings (SSSR count). The lowest BCUT2D eigenvalue weighted by molar-refractivity contribution is -0.121.